The van der Waals surface area contributed by atoms with Gasteiger partial charge in [0.25, 0.3) is 0 Å². The third-order valence-corrected chi connectivity index (χ3v) is 4.64. The smallest absolute Gasteiger partial charge is 0.139 e. The van der Waals surface area contributed by atoms with Crippen molar-refractivity contribution in [1.29, 1.82) is 0 Å². The number of rotatable bonds is 5. The van der Waals surface area contributed by atoms with Crippen LogP contribution in [0.25, 0.3) is 10.1 Å². The van der Waals surface area contributed by atoms with Gasteiger partial charge in [-0.05, 0) is 28.0 Å². The number of nitrogens with two attached hydrogens (primary N) is 1. The molecule has 0 fully saturated rings. The molecule has 3 heteroatoms. The Morgan fingerprint density at radius 1 is 1.05 bits per heavy atom. The molecular formula is C18H17NOS. The zero-order valence-electron chi connectivity index (χ0n) is 11.7. The molecule has 2 aromatic carbocycles. The Kier molecular flexibility index (Phi) is 4.13. The maximum Gasteiger partial charge on any atom is 0.139 e. The van der Waals surface area contributed by atoms with E-state index in [0.29, 0.717) is 12.8 Å². The summed E-state index contributed by atoms with van der Waals surface area (Å²) in [6, 6.07) is 17.8. The monoisotopic (exact) mass is 295 g/mol. The Labute approximate surface area is 128 Å². The van der Waals surface area contributed by atoms with Crippen molar-refractivity contribution in [1.82, 2.24) is 0 Å². The molecular weight excluding hydrogens is 278 g/mol. The van der Waals surface area contributed by atoms with Crippen LogP contribution in [0.4, 0.5) is 0 Å². The minimum absolute atomic E-state index is 0.190. The third kappa shape index (κ3) is 3.20. The van der Waals surface area contributed by atoms with Gasteiger partial charge in [0.2, 0.25) is 0 Å². The Balaban J connectivity index is 1.69. The standard InChI is InChI=1S/C18H17NOS/c19-17(13-6-2-1-3-7-13)11-15(20)10-14-12-21-18-9-5-4-8-16(14)18/h1-9,12,17H,10-11,19H2. The van der Waals surface area contributed by atoms with Crippen LogP contribution in [0.5, 0.6) is 0 Å². The van der Waals surface area contributed by atoms with Gasteiger partial charge in [-0.15, -0.1) is 11.3 Å². The summed E-state index contributed by atoms with van der Waals surface area (Å²) >= 11 is 1.69. The average Bonchev–Trinajstić information content (AvgIpc) is 2.91. The third-order valence-electron chi connectivity index (χ3n) is 3.62. The normalized spacial score (nSPS) is 12.4. The summed E-state index contributed by atoms with van der Waals surface area (Å²) in [5.74, 6) is 0.190. The Morgan fingerprint density at radius 2 is 1.76 bits per heavy atom. The van der Waals surface area contributed by atoms with Crippen molar-refractivity contribution in [2.24, 2.45) is 5.73 Å². The van der Waals surface area contributed by atoms with Gasteiger partial charge in [0.05, 0.1) is 0 Å². The molecule has 0 amide bonds. The van der Waals surface area contributed by atoms with Gasteiger partial charge in [0.1, 0.15) is 5.78 Å². The van der Waals surface area contributed by atoms with Crippen LogP contribution in [0.15, 0.2) is 60.0 Å². The van der Waals surface area contributed by atoms with Crippen molar-refractivity contribution in [2.75, 3.05) is 0 Å². The molecule has 106 valence electrons. The molecule has 0 aliphatic rings. The van der Waals surface area contributed by atoms with Crippen molar-refractivity contribution >= 4 is 27.2 Å². The van der Waals surface area contributed by atoms with Crippen molar-refractivity contribution in [3.05, 3.63) is 71.1 Å². The molecule has 2 nitrogen and oxygen atoms in total. The van der Waals surface area contributed by atoms with Crippen molar-refractivity contribution in [3.63, 3.8) is 0 Å². The van der Waals surface area contributed by atoms with Crippen LogP contribution in [-0.2, 0) is 11.2 Å². The van der Waals surface area contributed by atoms with E-state index in [1.54, 1.807) is 11.3 Å². The van der Waals surface area contributed by atoms with E-state index >= 15 is 0 Å². The first-order valence-electron chi connectivity index (χ1n) is 7.01. The molecule has 0 radical (unpaired) electrons. The zero-order chi connectivity index (χ0) is 14.7. The summed E-state index contributed by atoms with van der Waals surface area (Å²) in [5, 5.41) is 3.26. The van der Waals surface area contributed by atoms with Crippen molar-refractivity contribution in [2.45, 2.75) is 18.9 Å². The zero-order valence-corrected chi connectivity index (χ0v) is 12.5. The second-order valence-corrected chi connectivity index (χ2v) is 6.11. The predicted molar refractivity (Wildman–Crippen MR) is 88.5 cm³/mol. The molecule has 21 heavy (non-hydrogen) atoms. The van der Waals surface area contributed by atoms with Gasteiger partial charge in [-0.25, -0.2) is 0 Å². The highest BCUT2D eigenvalue weighted by Gasteiger charge is 2.14. The molecule has 1 aromatic heterocycles. The fourth-order valence-electron chi connectivity index (χ4n) is 2.52. The van der Waals surface area contributed by atoms with E-state index in [-0.39, 0.29) is 11.8 Å². The van der Waals surface area contributed by atoms with Gasteiger partial charge in [0, 0.05) is 23.6 Å². The molecule has 0 aliphatic heterocycles. The van der Waals surface area contributed by atoms with Crippen LogP contribution in [0, 0.1) is 0 Å². The number of ketones is 1. The molecule has 2 N–H and O–H groups in total. The van der Waals surface area contributed by atoms with Gasteiger partial charge < -0.3 is 5.73 Å². The number of carbonyl (C=O) groups excluding carboxylic acids is 1. The van der Waals surface area contributed by atoms with E-state index in [0.717, 1.165) is 11.1 Å². The number of carbonyl (C=O) groups is 1. The topological polar surface area (TPSA) is 43.1 Å². The molecule has 0 bridgehead atoms. The summed E-state index contributed by atoms with van der Waals surface area (Å²) in [5.41, 5.74) is 8.25. The average molecular weight is 295 g/mol. The molecule has 0 saturated heterocycles. The van der Waals surface area contributed by atoms with Gasteiger partial charge >= 0.3 is 0 Å². The first-order valence-corrected chi connectivity index (χ1v) is 7.89. The Hall–Kier alpha value is -1.97. The summed E-state index contributed by atoms with van der Waals surface area (Å²) in [7, 11) is 0. The second kappa shape index (κ2) is 6.20. The fourth-order valence-corrected chi connectivity index (χ4v) is 3.48. The number of thiophene rings is 1. The minimum Gasteiger partial charge on any atom is -0.324 e. The quantitative estimate of drug-likeness (QED) is 0.770. The summed E-state index contributed by atoms with van der Waals surface area (Å²) in [4.78, 5) is 12.3. The minimum atomic E-state index is -0.219. The summed E-state index contributed by atoms with van der Waals surface area (Å²) < 4.78 is 1.23. The van der Waals surface area contributed by atoms with E-state index < -0.39 is 0 Å². The van der Waals surface area contributed by atoms with Crippen LogP contribution in [0.2, 0.25) is 0 Å². The molecule has 0 spiro atoms. The summed E-state index contributed by atoms with van der Waals surface area (Å²) in [6.45, 7) is 0. The number of hydrogen-bond donors (Lipinski definition) is 1. The molecule has 3 aromatic rings. The lowest BCUT2D eigenvalue weighted by Gasteiger charge is -2.10. The van der Waals surface area contributed by atoms with E-state index in [1.165, 1.54) is 10.1 Å². The molecule has 1 unspecified atom stereocenters. The van der Waals surface area contributed by atoms with E-state index in [4.69, 9.17) is 5.73 Å². The SMILES string of the molecule is NC(CC(=O)Cc1csc2ccccc12)c1ccccc1. The highest BCUT2D eigenvalue weighted by Crippen LogP contribution is 2.26. The second-order valence-electron chi connectivity index (χ2n) is 5.19. The highest BCUT2D eigenvalue weighted by molar-refractivity contribution is 7.17. The van der Waals surface area contributed by atoms with Crippen molar-refractivity contribution < 1.29 is 4.79 Å². The number of Topliss-reactive ketones (excluding diaryl/α,β-unsaturated/α-hetero) is 1. The number of fused-ring (bicyclic) bond motifs is 1. The van der Waals surface area contributed by atoms with E-state index in [2.05, 4.69) is 17.5 Å². The highest BCUT2D eigenvalue weighted by atomic mass is 32.1. The van der Waals surface area contributed by atoms with Crippen LogP contribution in [0.1, 0.15) is 23.6 Å². The molecule has 0 aliphatic carbocycles. The maximum absolute atomic E-state index is 12.3. The Morgan fingerprint density at radius 3 is 2.57 bits per heavy atom. The van der Waals surface area contributed by atoms with E-state index in [9.17, 15) is 4.79 Å². The first-order chi connectivity index (χ1) is 10.2. The molecule has 1 atom stereocenters. The number of hydrogen-bond acceptors (Lipinski definition) is 3. The van der Waals surface area contributed by atoms with Gasteiger partial charge in [0.15, 0.2) is 0 Å². The summed E-state index contributed by atoms with van der Waals surface area (Å²) in [6.07, 6.45) is 0.846. The van der Waals surface area contributed by atoms with Crippen LogP contribution in [0.3, 0.4) is 0 Å². The van der Waals surface area contributed by atoms with Crippen LogP contribution in [-0.4, -0.2) is 5.78 Å². The lowest BCUT2D eigenvalue weighted by Crippen LogP contribution is -2.16. The van der Waals surface area contributed by atoms with Crippen LogP contribution >= 0.6 is 11.3 Å². The molecule has 3 rings (SSSR count). The van der Waals surface area contributed by atoms with Crippen molar-refractivity contribution in [3.8, 4) is 0 Å². The predicted octanol–water partition coefficient (Wildman–Crippen LogP) is 4.10. The van der Waals surface area contributed by atoms with Crippen LogP contribution < -0.4 is 5.73 Å². The van der Waals surface area contributed by atoms with Gasteiger partial charge in [-0.3, -0.25) is 4.79 Å². The number of benzene rings is 2. The maximum atomic E-state index is 12.3. The Bertz CT molecular complexity index is 748. The largest absolute Gasteiger partial charge is 0.324 e. The first kappa shape index (κ1) is 14.0. The van der Waals surface area contributed by atoms with E-state index in [1.807, 2.05) is 42.5 Å². The molecule has 1 heterocycles. The van der Waals surface area contributed by atoms with Gasteiger partial charge in [-0.2, -0.15) is 0 Å². The lowest BCUT2D eigenvalue weighted by molar-refractivity contribution is -0.118. The fraction of sp³-hybridized carbons (Fsp3) is 0.167. The molecule has 0 saturated carbocycles. The lowest BCUT2D eigenvalue weighted by atomic mass is 9.98. The van der Waals surface area contributed by atoms with Gasteiger partial charge in [-0.1, -0.05) is 48.5 Å².